The predicted octanol–water partition coefficient (Wildman–Crippen LogP) is 22.9. The van der Waals surface area contributed by atoms with Gasteiger partial charge < -0.3 is 9.88 Å². The molecule has 2 heterocycles. The lowest BCUT2D eigenvalue weighted by Crippen LogP contribution is -2.23. The number of rotatable bonds is 8. The van der Waals surface area contributed by atoms with Gasteiger partial charge in [-0.1, -0.05) is 242 Å². The maximum Gasteiger partial charge on any atom is 0.0994 e. The molecule has 0 bridgehead atoms. The molecule has 1 N–H and O–H groups in total. The van der Waals surface area contributed by atoms with Crippen molar-refractivity contribution in [3.8, 4) is 22.9 Å². The fraction of sp³-hybridized carbons (Fsp3) is 0.241. The van der Waals surface area contributed by atoms with Gasteiger partial charge in [0.15, 0.2) is 0 Å². The van der Waals surface area contributed by atoms with Crippen molar-refractivity contribution in [3.05, 3.63) is 298 Å². The van der Waals surface area contributed by atoms with Crippen molar-refractivity contribution in [1.29, 1.82) is 5.26 Å². The fourth-order valence-electron chi connectivity index (χ4n) is 12.4. The number of nitrogens with zero attached hydrogens (tertiary/aromatic N) is 2. The van der Waals surface area contributed by atoms with E-state index in [4.69, 9.17) is 5.26 Å². The molecular formula is C83H91N3. The quantitative estimate of drug-likeness (QED) is 0.0936. The van der Waals surface area contributed by atoms with Gasteiger partial charge in [0.05, 0.1) is 28.4 Å². The van der Waals surface area contributed by atoms with E-state index in [1.807, 2.05) is 72.7 Å². The minimum absolute atomic E-state index is 0.172. The monoisotopic (exact) mass is 1130 g/mol. The van der Waals surface area contributed by atoms with Crippen LogP contribution in [-0.2, 0) is 11.8 Å². The van der Waals surface area contributed by atoms with Gasteiger partial charge in [-0.05, 0) is 193 Å². The molecule has 1 aromatic heterocycles. The molecule has 1 aliphatic heterocycles. The molecule has 11 aromatic rings. The molecule has 0 amide bonds. The summed E-state index contributed by atoms with van der Waals surface area (Å²) in [6.45, 7) is 41.8. The minimum atomic E-state index is 0.172. The van der Waals surface area contributed by atoms with Gasteiger partial charge in [-0.3, -0.25) is 0 Å². The summed E-state index contributed by atoms with van der Waals surface area (Å²) in [5, 5.41) is 19.9. The Labute approximate surface area is 516 Å². The molecule has 0 saturated carbocycles. The van der Waals surface area contributed by atoms with Crippen LogP contribution in [0.4, 0.5) is 0 Å². The highest BCUT2D eigenvalue weighted by Crippen LogP contribution is 2.55. The Morgan fingerprint density at radius 3 is 1.74 bits per heavy atom. The second-order valence-electron chi connectivity index (χ2n) is 22.4. The molecular weight excluding hydrogens is 1040 g/mol. The Balaban J connectivity index is 0.000000163. The van der Waals surface area contributed by atoms with Gasteiger partial charge in [-0.2, -0.15) is 5.26 Å². The van der Waals surface area contributed by atoms with E-state index < -0.39 is 0 Å². The summed E-state index contributed by atoms with van der Waals surface area (Å²) < 4.78 is 2.40. The van der Waals surface area contributed by atoms with Crippen LogP contribution in [0.15, 0.2) is 220 Å². The zero-order chi connectivity index (χ0) is 62.2. The van der Waals surface area contributed by atoms with Gasteiger partial charge in [0.25, 0.3) is 0 Å². The van der Waals surface area contributed by atoms with E-state index in [0.717, 1.165) is 42.5 Å². The molecule has 3 nitrogen and oxygen atoms in total. The highest BCUT2D eigenvalue weighted by Gasteiger charge is 2.41. The Morgan fingerprint density at radius 2 is 1.12 bits per heavy atom. The zero-order valence-electron chi connectivity index (χ0n) is 54.0. The van der Waals surface area contributed by atoms with Gasteiger partial charge in [0.2, 0.25) is 0 Å². The number of allylic oxidation sites excluding steroid dienone is 3. The van der Waals surface area contributed by atoms with Gasteiger partial charge in [-0.25, -0.2) is 0 Å². The van der Waals surface area contributed by atoms with Crippen LogP contribution < -0.4 is 5.32 Å². The maximum absolute atomic E-state index is 8.56. The molecule has 1 aliphatic carbocycles. The maximum atomic E-state index is 8.56. The topological polar surface area (TPSA) is 50.7 Å². The largest absolute Gasteiger partial charge is 0.309 e. The van der Waals surface area contributed by atoms with E-state index in [2.05, 4.69) is 254 Å². The molecule has 1 unspecified atom stereocenters. The van der Waals surface area contributed by atoms with Crippen molar-refractivity contribution >= 4 is 48.9 Å². The van der Waals surface area contributed by atoms with E-state index >= 15 is 0 Å². The molecule has 0 radical (unpaired) electrons. The third kappa shape index (κ3) is 14.0. The van der Waals surface area contributed by atoms with Crippen LogP contribution in [0.5, 0.6) is 0 Å². The number of aryl methyl sites for hydroxylation is 7. The van der Waals surface area contributed by atoms with Crippen LogP contribution in [0, 0.1) is 59.8 Å². The molecule has 438 valence electrons. The van der Waals surface area contributed by atoms with Crippen LogP contribution in [0.25, 0.3) is 65.7 Å². The van der Waals surface area contributed by atoms with Gasteiger partial charge >= 0.3 is 0 Å². The number of hydrogen-bond acceptors (Lipinski definition) is 2. The van der Waals surface area contributed by atoms with Crippen molar-refractivity contribution in [2.24, 2.45) is 0 Å². The highest BCUT2D eigenvalue weighted by atomic mass is 15.1. The van der Waals surface area contributed by atoms with Crippen molar-refractivity contribution in [1.82, 2.24) is 9.88 Å². The van der Waals surface area contributed by atoms with E-state index in [0.29, 0.717) is 6.04 Å². The SMILES string of the molecule is C=CC.C=CC(=C)c1ccc(Cc2ccc(C3CN3)c(C)c2)cc1C.CC.CC.CCC1(CC)c2cc(C)ccc2-c2c1cc(C)c1ccccc21.Cc1ccc(C#N)c(C)c1.Cc1ccc2c3ccccc3n(-c3cccc4ccccc34)c2c1. The van der Waals surface area contributed by atoms with Crippen LogP contribution in [0.2, 0.25) is 0 Å². The Hall–Kier alpha value is -8.81. The Kier molecular flexibility index (Phi) is 22.4. The summed E-state index contributed by atoms with van der Waals surface area (Å²) in [7, 11) is 0. The lowest BCUT2D eigenvalue weighted by atomic mass is 9.73. The normalized spacial score (nSPS) is 12.7. The molecule has 86 heavy (non-hydrogen) atoms. The summed E-state index contributed by atoms with van der Waals surface area (Å²) in [5.41, 5.74) is 26.0. The average Bonchev–Trinajstić information content (AvgIpc) is 1.62. The van der Waals surface area contributed by atoms with E-state index in [-0.39, 0.29) is 5.41 Å². The van der Waals surface area contributed by atoms with Crippen molar-refractivity contribution in [3.63, 3.8) is 0 Å². The number of aromatic nitrogens is 1. The number of nitriles is 1. The summed E-state index contributed by atoms with van der Waals surface area (Å²) in [6, 6.07) is 70.9. The number of nitrogens with one attached hydrogen (secondary N) is 1. The molecule has 1 fully saturated rings. The minimum Gasteiger partial charge on any atom is -0.309 e. The van der Waals surface area contributed by atoms with Crippen LogP contribution >= 0.6 is 0 Å². The predicted molar refractivity (Wildman–Crippen MR) is 378 cm³/mol. The van der Waals surface area contributed by atoms with Crippen molar-refractivity contribution in [2.45, 2.75) is 128 Å². The molecule has 3 heteroatoms. The molecule has 0 spiro atoms. The molecule has 1 atom stereocenters. The number of hydrogen-bond donors (Lipinski definition) is 1. The van der Waals surface area contributed by atoms with Crippen LogP contribution in [0.1, 0.15) is 145 Å². The standard InChI is InChI=1S/C23H17N.C23H24.C21H23N.C9H9N.C3H6.2C2H6/c1-16-13-14-20-19-10-4-5-11-22(19)24(23(20)15-16)21-12-6-8-17-7-2-3-9-18(17)21;1-5-23(6-2)20-13-15(3)11-12-19(20)22-18-10-8-7-9-17(18)16(4)14-21(22)23;1-5-14(2)19-8-6-17(10-15(19)3)12-18-7-9-20(16(4)11-18)21-13-22-21;1-7-3-4-9(6-10)8(2)5-7;1-3-2;2*1-2/h2-15H,1H3;7-14H,5-6H2,1-4H3;5-11,21-22H,1-2,12-13H2,3-4H3;3-5H,1-2H3;3H,1H2,2H3;2*1-2H3. The second-order valence-corrected chi connectivity index (χ2v) is 22.4. The van der Waals surface area contributed by atoms with Gasteiger partial charge in [-0.15, -0.1) is 6.58 Å². The van der Waals surface area contributed by atoms with E-state index in [9.17, 15) is 0 Å². The van der Waals surface area contributed by atoms with E-state index in [1.54, 1.807) is 11.6 Å². The number of fused-ring (bicyclic) bond motifs is 9. The average molecular weight is 1130 g/mol. The Morgan fingerprint density at radius 1 is 0.558 bits per heavy atom. The van der Waals surface area contributed by atoms with Crippen LogP contribution in [0.3, 0.4) is 0 Å². The first-order valence-electron chi connectivity index (χ1n) is 31.1. The molecule has 2 aliphatic rings. The fourth-order valence-corrected chi connectivity index (χ4v) is 12.4. The smallest absolute Gasteiger partial charge is 0.0994 e. The molecule has 13 rings (SSSR count). The number of benzene rings is 10. The Bertz CT molecular complexity index is 4220. The highest BCUT2D eigenvalue weighted by molar-refractivity contribution is 6.11. The van der Waals surface area contributed by atoms with Crippen molar-refractivity contribution in [2.75, 3.05) is 6.54 Å². The molecule has 10 aromatic carbocycles. The first-order chi connectivity index (χ1) is 41.7. The zero-order valence-corrected chi connectivity index (χ0v) is 54.0. The summed E-state index contributed by atoms with van der Waals surface area (Å²) in [4.78, 5) is 0. The summed E-state index contributed by atoms with van der Waals surface area (Å²) >= 11 is 0. The lowest BCUT2D eigenvalue weighted by molar-refractivity contribution is 0.490. The van der Waals surface area contributed by atoms with Gasteiger partial charge in [0.1, 0.15) is 0 Å². The van der Waals surface area contributed by atoms with Crippen LogP contribution in [-0.4, -0.2) is 11.1 Å². The number of para-hydroxylation sites is 1. The van der Waals surface area contributed by atoms with Crippen molar-refractivity contribution < 1.29 is 0 Å². The first kappa shape index (κ1) is 64.7. The van der Waals surface area contributed by atoms with E-state index in [1.165, 1.54) is 121 Å². The third-order valence-corrected chi connectivity index (χ3v) is 16.7. The first-order valence-corrected chi connectivity index (χ1v) is 31.1. The molecule has 1 saturated heterocycles. The third-order valence-electron chi connectivity index (χ3n) is 16.7. The summed E-state index contributed by atoms with van der Waals surface area (Å²) in [6.07, 6.45) is 6.85. The summed E-state index contributed by atoms with van der Waals surface area (Å²) in [5.74, 6) is 0. The van der Waals surface area contributed by atoms with Gasteiger partial charge in [0, 0.05) is 34.2 Å². The lowest BCUT2D eigenvalue weighted by Gasteiger charge is -2.30. The second kappa shape index (κ2) is 29.8.